The summed E-state index contributed by atoms with van der Waals surface area (Å²) in [7, 11) is 7.74. The Morgan fingerprint density at radius 1 is 0.933 bits per heavy atom. The van der Waals surface area contributed by atoms with Gasteiger partial charge in [-0.3, -0.25) is 0 Å². The first-order valence-electron chi connectivity index (χ1n) is 5.01. The predicted octanol–water partition coefficient (Wildman–Crippen LogP) is 0.252. The fourth-order valence-corrected chi connectivity index (χ4v) is 1.32. The number of hydrogen-bond acceptors (Lipinski definition) is 4. The molecule has 0 aliphatic carbocycles. The molecule has 2 N–H and O–H groups in total. The lowest BCUT2D eigenvalue weighted by Gasteiger charge is -2.25. The van der Waals surface area contributed by atoms with E-state index in [4.69, 9.17) is 10.2 Å². The summed E-state index contributed by atoms with van der Waals surface area (Å²) >= 11 is 0. The number of hydrogen-bond donors (Lipinski definition) is 2. The van der Waals surface area contributed by atoms with Crippen LogP contribution in [0.4, 0.5) is 0 Å². The molecule has 0 heterocycles. The van der Waals surface area contributed by atoms with Gasteiger partial charge in [-0.05, 0) is 12.5 Å². The first-order chi connectivity index (χ1) is 7.04. The minimum Gasteiger partial charge on any atom is -0.396 e. The minimum absolute atomic E-state index is 0.0117. The molecule has 0 saturated heterocycles. The molecular weight excluding hydrogens is 192 g/mol. The largest absolute Gasteiger partial charge is 0.396 e. The van der Waals surface area contributed by atoms with Crippen molar-refractivity contribution < 1.29 is 10.2 Å². The zero-order valence-corrected chi connectivity index (χ0v) is 10.1. The minimum atomic E-state index is 0.0117. The van der Waals surface area contributed by atoms with E-state index in [1.807, 2.05) is 44.1 Å². The van der Waals surface area contributed by atoms with Crippen molar-refractivity contribution in [2.45, 2.75) is 6.42 Å². The molecule has 0 atom stereocenters. The molecule has 88 valence electrons. The average Bonchev–Trinajstić information content (AvgIpc) is 2.16. The Balaban J connectivity index is 4.93. The first-order valence-corrected chi connectivity index (χ1v) is 5.01. The molecule has 0 unspecified atom stereocenters. The van der Waals surface area contributed by atoms with Crippen LogP contribution in [0.2, 0.25) is 0 Å². The molecule has 4 heteroatoms. The molecule has 0 bridgehead atoms. The van der Waals surface area contributed by atoms with Crippen LogP contribution in [0, 0.1) is 0 Å². The van der Waals surface area contributed by atoms with E-state index in [-0.39, 0.29) is 13.2 Å². The van der Waals surface area contributed by atoms with Crippen molar-refractivity contribution in [2.75, 3.05) is 41.4 Å². The quantitative estimate of drug-likeness (QED) is 0.622. The number of likely N-dealkylation sites (N-methyl/N-ethyl adjacent to an activating group) is 2. The summed E-state index contributed by atoms with van der Waals surface area (Å²) in [6, 6.07) is 0. The molecular formula is C11H22N2O2. The number of nitrogens with zero attached hydrogens (tertiary/aromatic N) is 2. The molecule has 0 aromatic rings. The second-order valence-electron chi connectivity index (χ2n) is 3.66. The predicted molar refractivity (Wildman–Crippen MR) is 62.3 cm³/mol. The summed E-state index contributed by atoms with van der Waals surface area (Å²) in [5.74, 6) is 0. The monoisotopic (exact) mass is 214 g/mol. The van der Waals surface area contributed by atoms with Crippen LogP contribution >= 0.6 is 0 Å². The molecule has 0 aromatic heterocycles. The third-order valence-electron chi connectivity index (χ3n) is 1.98. The summed E-state index contributed by atoms with van der Waals surface area (Å²) in [5, 5.41) is 17.7. The van der Waals surface area contributed by atoms with Crippen molar-refractivity contribution in [1.82, 2.24) is 9.80 Å². The Morgan fingerprint density at radius 3 is 1.73 bits per heavy atom. The zero-order valence-electron chi connectivity index (χ0n) is 10.1. The summed E-state index contributed by atoms with van der Waals surface area (Å²) < 4.78 is 0. The van der Waals surface area contributed by atoms with Crippen molar-refractivity contribution in [2.24, 2.45) is 0 Å². The van der Waals surface area contributed by atoms with E-state index in [1.54, 1.807) is 6.08 Å². The van der Waals surface area contributed by atoms with Crippen molar-refractivity contribution in [1.29, 1.82) is 0 Å². The fraction of sp³-hybridized carbons (Fsp3) is 0.636. The van der Waals surface area contributed by atoms with Crippen LogP contribution in [0.15, 0.2) is 23.5 Å². The van der Waals surface area contributed by atoms with Gasteiger partial charge in [-0.2, -0.15) is 0 Å². The Bertz CT molecular complexity index is 233. The number of aliphatic hydroxyl groups is 2. The molecule has 4 nitrogen and oxygen atoms in total. The molecule has 0 aromatic carbocycles. The van der Waals surface area contributed by atoms with Crippen molar-refractivity contribution in [3.63, 3.8) is 0 Å². The third kappa shape index (κ3) is 4.85. The third-order valence-corrected chi connectivity index (χ3v) is 1.98. The van der Waals surface area contributed by atoms with Crippen LogP contribution in [0.25, 0.3) is 0 Å². The van der Waals surface area contributed by atoms with Crippen LogP contribution < -0.4 is 0 Å². The lowest BCUT2D eigenvalue weighted by molar-refractivity contribution is 0.301. The highest BCUT2D eigenvalue weighted by Crippen LogP contribution is 2.15. The van der Waals surface area contributed by atoms with E-state index in [0.29, 0.717) is 6.42 Å². The van der Waals surface area contributed by atoms with Crippen molar-refractivity contribution >= 4 is 0 Å². The van der Waals surface area contributed by atoms with Gasteiger partial charge in [0.25, 0.3) is 0 Å². The Morgan fingerprint density at radius 2 is 1.40 bits per heavy atom. The highest BCUT2D eigenvalue weighted by atomic mass is 16.3. The standard InChI is InChI=1S/C11H22N2O2/c1-12(2)10(6-5-8-14)11(7-9-15)13(3)4/h6-7,14-15H,5,8-9H2,1-4H3. The highest BCUT2D eigenvalue weighted by Gasteiger charge is 2.08. The molecule has 0 aliphatic heterocycles. The SMILES string of the molecule is CN(C)C(=CCO)C(=CCCO)N(C)C. The lowest BCUT2D eigenvalue weighted by atomic mass is 10.2. The maximum atomic E-state index is 8.94. The van der Waals surface area contributed by atoms with E-state index >= 15 is 0 Å². The fourth-order valence-electron chi connectivity index (χ4n) is 1.32. The maximum absolute atomic E-state index is 8.94. The van der Waals surface area contributed by atoms with Gasteiger partial charge >= 0.3 is 0 Å². The summed E-state index contributed by atoms with van der Waals surface area (Å²) in [6.45, 7) is 0.148. The van der Waals surface area contributed by atoms with Gasteiger partial charge in [0, 0.05) is 34.8 Å². The number of rotatable bonds is 6. The molecule has 0 amide bonds. The van der Waals surface area contributed by atoms with Crippen LogP contribution in [0.5, 0.6) is 0 Å². The van der Waals surface area contributed by atoms with Crippen LogP contribution in [-0.2, 0) is 0 Å². The van der Waals surface area contributed by atoms with Gasteiger partial charge in [0.2, 0.25) is 0 Å². The molecule has 0 spiro atoms. The molecule has 0 saturated carbocycles. The average molecular weight is 214 g/mol. The van der Waals surface area contributed by atoms with Gasteiger partial charge in [-0.1, -0.05) is 6.08 Å². The van der Waals surface area contributed by atoms with E-state index in [0.717, 1.165) is 11.4 Å². The van der Waals surface area contributed by atoms with E-state index in [2.05, 4.69) is 0 Å². The highest BCUT2D eigenvalue weighted by molar-refractivity contribution is 5.28. The Kier molecular flexibility index (Phi) is 6.83. The summed E-state index contributed by atoms with van der Waals surface area (Å²) in [6.07, 6.45) is 4.33. The zero-order chi connectivity index (χ0) is 11.8. The van der Waals surface area contributed by atoms with Gasteiger partial charge in [0.05, 0.1) is 18.0 Å². The van der Waals surface area contributed by atoms with Gasteiger partial charge < -0.3 is 20.0 Å². The smallest absolute Gasteiger partial charge is 0.0636 e. The molecule has 0 fully saturated rings. The van der Waals surface area contributed by atoms with E-state index in [9.17, 15) is 0 Å². The molecule has 0 radical (unpaired) electrons. The number of aliphatic hydroxyl groups excluding tert-OH is 2. The van der Waals surface area contributed by atoms with Crippen LogP contribution in [-0.4, -0.2) is 61.4 Å². The van der Waals surface area contributed by atoms with Crippen LogP contribution in [0.3, 0.4) is 0 Å². The maximum Gasteiger partial charge on any atom is 0.0636 e. The Labute approximate surface area is 92.1 Å². The summed E-state index contributed by atoms with van der Waals surface area (Å²) in [4.78, 5) is 3.91. The first kappa shape index (κ1) is 14.0. The van der Waals surface area contributed by atoms with E-state index in [1.165, 1.54) is 0 Å². The Hall–Kier alpha value is -1.00. The van der Waals surface area contributed by atoms with Gasteiger partial charge in [-0.15, -0.1) is 0 Å². The molecule has 15 heavy (non-hydrogen) atoms. The van der Waals surface area contributed by atoms with Gasteiger partial charge in [0.1, 0.15) is 0 Å². The van der Waals surface area contributed by atoms with Gasteiger partial charge in [-0.25, -0.2) is 0 Å². The van der Waals surface area contributed by atoms with Gasteiger partial charge in [0.15, 0.2) is 0 Å². The summed E-state index contributed by atoms with van der Waals surface area (Å²) in [5.41, 5.74) is 1.96. The molecule has 0 rings (SSSR count). The second-order valence-corrected chi connectivity index (χ2v) is 3.66. The van der Waals surface area contributed by atoms with Crippen molar-refractivity contribution in [3.8, 4) is 0 Å². The van der Waals surface area contributed by atoms with E-state index < -0.39 is 0 Å². The van der Waals surface area contributed by atoms with Crippen LogP contribution in [0.1, 0.15) is 6.42 Å². The second kappa shape index (κ2) is 7.31. The molecule has 0 aliphatic rings. The van der Waals surface area contributed by atoms with Crippen molar-refractivity contribution in [3.05, 3.63) is 23.5 Å². The normalized spacial score (nSPS) is 12.9. The lowest BCUT2D eigenvalue weighted by Crippen LogP contribution is -2.22. The topological polar surface area (TPSA) is 46.9 Å².